The molecule has 296 valence electrons. The maximum absolute atomic E-state index is 6.76. The zero-order valence-corrected chi connectivity index (χ0v) is 37.8. The zero-order chi connectivity index (χ0) is 39.3. The van der Waals surface area contributed by atoms with Crippen LogP contribution in [-0.2, 0) is 32.9 Å². The van der Waals surface area contributed by atoms with Gasteiger partial charge in [-0.1, -0.05) is 111 Å². The van der Waals surface area contributed by atoms with Crippen molar-refractivity contribution in [2.24, 2.45) is 29.6 Å². The van der Waals surface area contributed by atoms with Gasteiger partial charge < -0.3 is 9.30 Å². The van der Waals surface area contributed by atoms with E-state index in [2.05, 4.69) is 165 Å². The van der Waals surface area contributed by atoms with Gasteiger partial charge in [-0.2, -0.15) is 11.2 Å². The third-order valence-corrected chi connectivity index (χ3v) is 12.1. The molecule has 0 saturated heterocycles. The molecule has 0 fully saturated rings. The first kappa shape index (κ1) is 41.7. The fourth-order valence-electron chi connectivity index (χ4n) is 8.96. The molecule has 6 heteroatoms. The van der Waals surface area contributed by atoms with Gasteiger partial charge in [-0.3, -0.25) is 4.68 Å². The van der Waals surface area contributed by atoms with Crippen LogP contribution in [0.1, 0.15) is 116 Å². The van der Waals surface area contributed by atoms with Gasteiger partial charge in [0.2, 0.25) is 0 Å². The third-order valence-electron chi connectivity index (χ3n) is 12.1. The van der Waals surface area contributed by atoms with Crippen molar-refractivity contribution in [2.75, 3.05) is 0 Å². The van der Waals surface area contributed by atoms with Crippen molar-refractivity contribution in [2.45, 2.75) is 114 Å². The number of hydrogen-bond acceptors (Lipinski definition) is 3. The summed E-state index contributed by atoms with van der Waals surface area (Å²) in [6, 6.07) is 28.7. The molecule has 5 nitrogen and oxygen atoms in total. The maximum Gasteiger partial charge on any atom is 2.00 e. The van der Waals surface area contributed by atoms with Gasteiger partial charge in [0.25, 0.3) is 0 Å². The van der Waals surface area contributed by atoms with Crippen LogP contribution in [0.15, 0.2) is 78.5 Å². The molecule has 0 spiro atoms. The summed E-state index contributed by atoms with van der Waals surface area (Å²) in [7, 11) is 0. The minimum Gasteiger partial charge on any atom is -0.509 e. The number of rotatable bonds is 10. The van der Waals surface area contributed by atoms with Gasteiger partial charge in [0, 0.05) is 40.4 Å². The fraction of sp³-hybridized carbons (Fsp3) is 0.440. The summed E-state index contributed by atoms with van der Waals surface area (Å²) in [6.45, 7) is 27.7. The first-order chi connectivity index (χ1) is 26.2. The topological polar surface area (TPSA) is 44.9 Å². The number of aromatic nitrogens is 4. The molecule has 0 bridgehead atoms. The molecule has 3 aromatic carbocycles. The van der Waals surface area contributed by atoms with Crippen molar-refractivity contribution >= 4 is 21.8 Å². The molecule has 6 aromatic rings. The summed E-state index contributed by atoms with van der Waals surface area (Å²) >= 11 is 0. The van der Waals surface area contributed by atoms with E-state index in [4.69, 9.17) is 14.8 Å². The summed E-state index contributed by atoms with van der Waals surface area (Å²) < 4.78 is 11.1. The molecule has 0 radical (unpaired) electrons. The smallest absolute Gasteiger partial charge is 0.509 e. The minimum atomic E-state index is -0.123. The Labute approximate surface area is 350 Å². The predicted octanol–water partition coefficient (Wildman–Crippen LogP) is 13.2. The fourth-order valence-corrected chi connectivity index (χ4v) is 8.96. The average molecular weight is 928 g/mol. The normalized spacial score (nSPS) is 17.6. The Hall–Kier alpha value is -3.95. The van der Waals surface area contributed by atoms with E-state index in [9.17, 15) is 0 Å². The quantitative estimate of drug-likeness (QED) is 0.102. The van der Waals surface area contributed by atoms with Crippen LogP contribution in [0, 0.1) is 55.6 Å². The van der Waals surface area contributed by atoms with Crippen molar-refractivity contribution in [3.8, 4) is 23.0 Å². The van der Waals surface area contributed by atoms with E-state index in [-0.39, 0.29) is 26.5 Å². The molecule has 3 atom stereocenters. The van der Waals surface area contributed by atoms with Gasteiger partial charge in [0.1, 0.15) is 5.82 Å². The molecule has 7 rings (SSSR count). The first-order valence-corrected chi connectivity index (χ1v) is 20.6. The summed E-state index contributed by atoms with van der Waals surface area (Å²) in [5, 5.41) is 7.57. The third kappa shape index (κ3) is 7.95. The summed E-state index contributed by atoms with van der Waals surface area (Å²) in [5.74, 6) is 5.34. The predicted molar refractivity (Wildman–Crippen MR) is 229 cm³/mol. The van der Waals surface area contributed by atoms with E-state index in [1.807, 2.05) is 12.3 Å². The van der Waals surface area contributed by atoms with Crippen LogP contribution in [0.5, 0.6) is 11.5 Å². The Bertz CT molecular complexity index is 2370. The van der Waals surface area contributed by atoms with E-state index >= 15 is 0 Å². The number of para-hydroxylation sites is 1. The minimum absolute atomic E-state index is 0. The van der Waals surface area contributed by atoms with Gasteiger partial charge in [-0.25, -0.2) is 4.98 Å². The van der Waals surface area contributed by atoms with E-state index in [0.717, 1.165) is 52.0 Å². The molecule has 0 amide bonds. The largest absolute Gasteiger partial charge is 2.00 e. The van der Waals surface area contributed by atoms with Crippen LogP contribution in [0.3, 0.4) is 0 Å². The van der Waals surface area contributed by atoms with E-state index in [1.165, 1.54) is 28.6 Å². The first-order valence-electron chi connectivity index (χ1n) is 20.6. The number of ether oxygens (including phenoxy) is 1. The standard InChI is InChI=1S/C50H60N4O.Pt/c1-13-16-35-21-22-51-47(23-35)53-45-18-15-14-17-41(45)42-20-19-39(29-46(42)53)55-40-27-37(50(10,11)12)26-38(28-40)54-34(9)48(33(8)52-54)49-43(31(4)5)24-36(30(2)3)25-44(49)32(6)7;/h14-15,17-24,26-27,30-32,36,44,49H,13,16,25H2,1-12H3;/q-2;+2/t36-,44+,49?;/m0./s1. The molecule has 0 saturated carbocycles. The number of benzene rings is 3. The number of allylic oxidation sites excluding steroid dienone is 2. The molecule has 0 N–H and O–H groups in total. The molecular formula is C50H60N4OPt. The summed E-state index contributed by atoms with van der Waals surface area (Å²) in [6.07, 6.45) is 7.85. The molecule has 3 heterocycles. The van der Waals surface area contributed by atoms with Crippen LogP contribution in [0.4, 0.5) is 0 Å². The maximum atomic E-state index is 6.76. The molecule has 0 aliphatic heterocycles. The Balaban J connectivity index is 0.00000532. The van der Waals surface area contributed by atoms with Crippen molar-refractivity contribution < 1.29 is 25.8 Å². The summed E-state index contributed by atoms with van der Waals surface area (Å²) in [4.78, 5) is 4.84. The van der Waals surface area contributed by atoms with Crippen LogP contribution < -0.4 is 4.74 Å². The summed E-state index contributed by atoms with van der Waals surface area (Å²) in [5.41, 5.74) is 10.5. The number of aryl methyl sites for hydroxylation is 2. The SMILES string of the molecule is CCCc1ccnc(-n2c3[c-]c(Oc4[c-]c(-n5nc(C)c(C6C(C(C)C)=C[C@H](C(C)C)C[C@@H]6C(C)C)c5C)cc(C(C)(C)C)c4)ccc3c3ccccc32)c1.[Pt+2]. The van der Waals surface area contributed by atoms with Gasteiger partial charge in [-0.05, 0) is 96.5 Å². The Morgan fingerprint density at radius 3 is 2.30 bits per heavy atom. The van der Waals surface area contributed by atoms with E-state index < -0.39 is 0 Å². The molecule has 3 aromatic heterocycles. The van der Waals surface area contributed by atoms with Crippen LogP contribution in [-0.4, -0.2) is 19.3 Å². The number of fused-ring (bicyclic) bond motifs is 3. The molecule has 56 heavy (non-hydrogen) atoms. The van der Waals surface area contributed by atoms with E-state index in [0.29, 0.717) is 47.0 Å². The average Bonchev–Trinajstić information content (AvgIpc) is 3.62. The molecule has 1 aliphatic rings. The number of hydrogen-bond donors (Lipinski definition) is 0. The Morgan fingerprint density at radius 1 is 0.875 bits per heavy atom. The zero-order valence-electron chi connectivity index (χ0n) is 35.5. The van der Waals surface area contributed by atoms with Gasteiger partial charge in [-0.15, -0.1) is 41.3 Å². The molecule has 1 aliphatic carbocycles. The monoisotopic (exact) mass is 927 g/mol. The van der Waals surface area contributed by atoms with Gasteiger partial charge in [0.15, 0.2) is 0 Å². The van der Waals surface area contributed by atoms with Crippen molar-refractivity contribution in [1.82, 2.24) is 19.3 Å². The van der Waals surface area contributed by atoms with Crippen LogP contribution in [0.25, 0.3) is 33.3 Å². The second-order valence-corrected chi connectivity index (χ2v) is 18.0. The molecular weight excluding hydrogens is 868 g/mol. The molecule has 1 unspecified atom stereocenters. The number of pyridine rings is 1. The van der Waals surface area contributed by atoms with Crippen molar-refractivity contribution in [1.29, 1.82) is 0 Å². The Morgan fingerprint density at radius 2 is 1.62 bits per heavy atom. The number of nitrogens with zero attached hydrogens (tertiary/aromatic N) is 4. The van der Waals surface area contributed by atoms with E-state index in [1.54, 1.807) is 5.57 Å². The van der Waals surface area contributed by atoms with Crippen LogP contribution in [0.2, 0.25) is 0 Å². The second-order valence-electron chi connectivity index (χ2n) is 18.0. The van der Waals surface area contributed by atoms with Crippen molar-refractivity contribution in [3.63, 3.8) is 0 Å². The van der Waals surface area contributed by atoms with Crippen LogP contribution >= 0.6 is 0 Å². The van der Waals surface area contributed by atoms with Gasteiger partial charge in [0.05, 0.1) is 5.69 Å². The Kier molecular flexibility index (Phi) is 12.3. The second kappa shape index (κ2) is 16.5. The van der Waals surface area contributed by atoms with Crippen molar-refractivity contribution in [3.05, 3.63) is 119 Å². The van der Waals surface area contributed by atoms with Gasteiger partial charge >= 0.3 is 21.1 Å².